The molecule has 0 fully saturated rings. The van der Waals surface area contributed by atoms with Crippen LogP contribution in [-0.2, 0) is 13.0 Å². The summed E-state index contributed by atoms with van der Waals surface area (Å²) in [7, 11) is 0. The van der Waals surface area contributed by atoms with Gasteiger partial charge in [0.05, 0.1) is 12.9 Å². The van der Waals surface area contributed by atoms with Crippen molar-refractivity contribution in [3.63, 3.8) is 0 Å². The Bertz CT molecular complexity index is 605. The molecule has 1 aromatic carbocycles. The van der Waals surface area contributed by atoms with Gasteiger partial charge in [0.15, 0.2) is 5.15 Å². The number of nitrogens with two attached hydrogens (primary N) is 1. The van der Waals surface area contributed by atoms with E-state index in [1.807, 2.05) is 24.3 Å². The number of rotatable bonds is 3. The number of hydrogen-bond acceptors (Lipinski definition) is 3. The number of benzene rings is 1. The lowest BCUT2D eigenvalue weighted by atomic mass is 10.1. The number of aryl methyl sites for hydroxylation is 1. The summed E-state index contributed by atoms with van der Waals surface area (Å²) < 4.78 is 1.45. The zero-order chi connectivity index (χ0) is 13.1. The van der Waals surface area contributed by atoms with E-state index in [0.717, 1.165) is 12.0 Å². The first kappa shape index (κ1) is 12.6. The van der Waals surface area contributed by atoms with Gasteiger partial charge in [0.1, 0.15) is 5.69 Å². The van der Waals surface area contributed by atoms with E-state index in [9.17, 15) is 4.79 Å². The monoisotopic (exact) mass is 263 g/mol. The molecule has 1 heterocycles. The van der Waals surface area contributed by atoms with Crippen molar-refractivity contribution >= 4 is 17.3 Å². The number of nitrogens with zero attached hydrogens (tertiary/aromatic N) is 2. The van der Waals surface area contributed by atoms with Crippen molar-refractivity contribution in [3.8, 4) is 0 Å². The first-order valence-corrected chi connectivity index (χ1v) is 6.08. The van der Waals surface area contributed by atoms with E-state index in [0.29, 0.717) is 6.54 Å². The molecule has 0 radical (unpaired) electrons. The van der Waals surface area contributed by atoms with Gasteiger partial charge in [-0.25, -0.2) is 4.98 Å². The average Bonchev–Trinajstić information content (AvgIpc) is 2.40. The Labute approximate surface area is 110 Å². The van der Waals surface area contributed by atoms with Crippen molar-refractivity contribution in [3.05, 3.63) is 57.2 Å². The molecule has 2 N–H and O–H groups in total. The van der Waals surface area contributed by atoms with Crippen molar-refractivity contribution in [2.24, 2.45) is 0 Å². The normalized spacial score (nSPS) is 10.6. The number of nitrogen functional groups attached to an aromatic ring is 1. The summed E-state index contributed by atoms with van der Waals surface area (Å²) in [4.78, 5) is 15.7. The van der Waals surface area contributed by atoms with Gasteiger partial charge in [-0.15, -0.1) is 0 Å². The van der Waals surface area contributed by atoms with E-state index in [1.165, 1.54) is 16.5 Å². The summed E-state index contributed by atoms with van der Waals surface area (Å²) in [5, 5.41) is 0.0533. The fourth-order valence-electron chi connectivity index (χ4n) is 1.68. The molecule has 94 valence electrons. The minimum Gasteiger partial charge on any atom is -0.392 e. The van der Waals surface area contributed by atoms with Crippen molar-refractivity contribution in [2.45, 2.75) is 19.9 Å². The van der Waals surface area contributed by atoms with Gasteiger partial charge in [0.25, 0.3) is 5.56 Å². The van der Waals surface area contributed by atoms with Crippen molar-refractivity contribution < 1.29 is 0 Å². The molecule has 0 unspecified atom stereocenters. The van der Waals surface area contributed by atoms with Crippen LogP contribution < -0.4 is 11.3 Å². The van der Waals surface area contributed by atoms with E-state index in [-0.39, 0.29) is 16.4 Å². The zero-order valence-corrected chi connectivity index (χ0v) is 10.8. The predicted molar refractivity (Wildman–Crippen MR) is 72.8 cm³/mol. The Morgan fingerprint density at radius 2 is 1.89 bits per heavy atom. The summed E-state index contributed by atoms with van der Waals surface area (Å²) in [6.45, 7) is 2.54. The molecule has 0 atom stereocenters. The van der Waals surface area contributed by atoms with Crippen LogP contribution in [0.15, 0.2) is 35.4 Å². The van der Waals surface area contributed by atoms with Gasteiger partial charge in [0, 0.05) is 0 Å². The Hall–Kier alpha value is -1.81. The van der Waals surface area contributed by atoms with Crippen LogP contribution in [0.3, 0.4) is 0 Å². The maximum Gasteiger partial charge on any atom is 0.278 e. The standard InChI is InChI=1S/C13H14ClN3O/c1-2-9-3-5-10(6-4-9)7-17-8-16-12(14)11(15)13(17)18/h3-6,8H,2,7,15H2,1H3. The second-order valence-electron chi connectivity index (χ2n) is 4.05. The Balaban J connectivity index is 2.28. The SMILES string of the molecule is CCc1ccc(Cn2cnc(Cl)c(N)c2=O)cc1. The minimum atomic E-state index is -0.311. The summed E-state index contributed by atoms with van der Waals surface area (Å²) in [5.41, 5.74) is 7.52. The third kappa shape index (κ3) is 2.54. The van der Waals surface area contributed by atoms with E-state index >= 15 is 0 Å². The van der Waals surface area contributed by atoms with Crippen LogP contribution in [0, 0.1) is 0 Å². The average molecular weight is 264 g/mol. The van der Waals surface area contributed by atoms with Crippen LogP contribution in [0.5, 0.6) is 0 Å². The fourth-order valence-corrected chi connectivity index (χ4v) is 1.80. The first-order chi connectivity index (χ1) is 8.61. The maximum absolute atomic E-state index is 11.8. The smallest absolute Gasteiger partial charge is 0.278 e. The van der Waals surface area contributed by atoms with Crippen LogP contribution in [0.2, 0.25) is 5.15 Å². The zero-order valence-electron chi connectivity index (χ0n) is 10.1. The van der Waals surface area contributed by atoms with Gasteiger partial charge < -0.3 is 5.73 Å². The van der Waals surface area contributed by atoms with Crippen LogP contribution in [0.1, 0.15) is 18.1 Å². The number of aromatic nitrogens is 2. The van der Waals surface area contributed by atoms with Crippen LogP contribution in [-0.4, -0.2) is 9.55 Å². The van der Waals surface area contributed by atoms with E-state index < -0.39 is 0 Å². The van der Waals surface area contributed by atoms with Gasteiger partial charge in [-0.05, 0) is 17.5 Å². The lowest BCUT2D eigenvalue weighted by Gasteiger charge is -2.07. The highest BCUT2D eigenvalue weighted by Gasteiger charge is 2.06. The van der Waals surface area contributed by atoms with E-state index in [2.05, 4.69) is 11.9 Å². The van der Waals surface area contributed by atoms with Crippen LogP contribution in [0.25, 0.3) is 0 Å². The molecule has 0 aliphatic heterocycles. The minimum absolute atomic E-state index is 0.00987. The molecule has 18 heavy (non-hydrogen) atoms. The molecule has 0 aliphatic rings. The predicted octanol–water partition coefficient (Wildman–Crippen LogP) is 2.09. The highest BCUT2D eigenvalue weighted by Crippen LogP contribution is 2.10. The topological polar surface area (TPSA) is 60.9 Å². The number of halogens is 1. The molecule has 0 spiro atoms. The molecular weight excluding hydrogens is 250 g/mol. The number of hydrogen-bond donors (Lipinski definition) is 1. The summed E-state index contributed by atoms with van der Waals surface area (Å²) in [6.07, 6.45) is 2.41. The number of anilines is 1. The fraction of sp³-hybridized carbons (Fsp3) is 0.231. The molecule has 4 nitrogen and oxygen atoms in total. The summed E-state index contributed by atoms with van der Waals surface area (Å²) in [6, 6.07) is 8.09. The van der Waals surface area contributed by atoms with Crippen LogP contribution >= 0.6 is 11.6 Å². The maximum atomic E-state index is 11.8. The second-order valence-corrected chi connectivity index (χ2v) is 4.41. The summed E-state index contributed by atoms with van der Waals surface area (Å²) >= 11 is 5.68. The molecule has 5 heteroatoms. The lowest BCUT2D eigenvalue weighted by Crippen LogP contribution is -2.24. The Morgan fingerprint density at radius 1 is 1.28 bits per heavy atom. The van der Waals surface area contributed by atoms with Gasteiger partial charge in [-0.1, -0.05) is 42.8 Å². The summed E-state index contributed by atoms with van der Waals surface area (Å²) in [5.74, 6) is 0. The van der Waals surface area contributed by atoms with Crippen molar-refractivity contribution in [1.29, 1.82) is 0 Å². The van der Waals surface area contributed by atoms with E-state index in [4.69, 9.17) is 17.3 Å². The molecule has 0 saturated heterocycles. The third-order valence-electron chi connectivity index (χ3n) is 2.81. The third-order valence-corrected chi connectivity index (χ3v) is 3.11. The molecule has 0 aliphatic carbocycles. The van der Waals surface area contributed by atoms with Crippen molar-refractivity contribution in [1.82, 2.24) is 9.55 Å². The van der Waals surface area contributed by atoms with Gasteiger partial charge >= 0.3 is 0 Å². The molecule has 2 aromatic rings. The molecule has 0 saturated carbocycles. The van der Waals surface area contributed by atoms with Gasteiger partial charge in [-0.2, -0.15) is 0 Å². The Kier molecular flexibility index (Phi) is 3.67. The second kappa shape index (κ2) is 5.23. The highest BCUT2D eigenvalue weighted by atomic mass is 35.5. The molecule has 1 aromatic heterocycles. The van der Waals surface area contributed by atoms with Gasteiger partial charge in [0.2, 0.25) is 0 Å². The highest BCUT2D eigenvalue weighted by molar-refractivity contribution is 6.31. The Morgan fingerprint density at radius 3 is 2.50 bits per heavy atom. The van der Waals surface area contributed by atoms with Crippen LogP contribution in [0.4, 0.5) is 5.69 Å². The molecule has 0 bridgehead atoms. The first-order valence-electron chi connectivity index (χ1n) is 5.70. The molecular formula is C13H14ClN3O. The molecule has 0 amide bonds. The lowest BCUT2D eigenvalue weighted by molar-refractivity contribution is 0.739. The van der Waals surface area contributed by atoms with Crippen molar-refractivity contribution in [2.75, 3.05) is 5.73 Å². The van der Waals surface area contributed by atoms with E-state index in [1.54, 1.807) is 0 Å². The quantitative estimate of drug-likeness (QED) is 0.863. The van der Waals surface area contributed by atoms with Gasteiger partial charge in [-0.3, -0.25) is 9.36 Å². The largest absolute Gasteiger partial charge is 0.392 e. The molecule has 2 rings (SSSR count).